The van der Waals surface area contributed by atoms with Gasteiger partial charge in [-0.1, -0.05) is 91.0 Å². The number of nitrogens with zero attached hydrogens (tertiary/aromatic N) is 2. The first-order chi connectivity index (χ1) is 12.3. The number of benzene rings is 3. The molecule has 0 aliphatic carbocycles. The number of nitriles is 2. The molecule has 3 rings (SSSR count). The fourth-order valence-corrected chi connectivity index (χ4v) is 3.32. The second-order valence-corrected chi connectivity index (χ2v) is 5.65. The Morgan fingerprint density at radius 2 is 1.00 bits per heavy atom. The molecule has 0 spiro atoms. The van der Waals surface area contributed by atoms with E-state index in [9.17, 15) is 10.5 Å². The van der Waals surface area contributed by atoms with Crippen molar-refractivity contribution in [3.05, 3.63) is 119 Å². The lowest BCUT2D eigenvalue weighted by Crippen LogP contribution is -2.31. The predicted molar refractivity (Wildman–Crippen MR) is 98.5 cm³/mol. The van der Waals surface area contributed by atoms with E-state index in [4.69, 9.17) is 0 Å². The predicted octanol–water partition coefficient (Wildman–Crippen LogP) is 4.99. The van der Waals surface area contributed by atoms with Crippen LogP contribution in [0.4, 0.5) is 0 Å². The van der Waals surface area contributed by atoms with Gasteiger partial charge >= 0.3 is 0 Å². The lowest BCUT2D eigenvalue weighted by molar-refractivity contribution is 0.747. The highest BCUT2D eigenvalue weighted by Crippen LogP contribution is 2.44. The lowest BCUT2D eigenvalue weighted by Gasteiger charge is -2.35. The molecule has 2 heteroatoms. The van der Waals surface area contributed by atoms with Gasteiger partial charge in [-0.3, -0.25) is 0 Å². The summed E-state index contributed by atoms with van der Waals surface area (Å²) in [5, 5.41) is 19.2. The van der Waals surface area contributed by atoms with Gasteiger partial charge < -0.3 is 0 Å². The zero-order chi connectivity index (χ0) is 17.5. The zero-order valence-electron chi connectivity index (χ0n) is 13.6. The fourth-order valence-electron chi connectivity index (χ4n) is 3.32. The lowest BCUT2D eigenvalue weighted by atomic mass is 9.65. The molecule has 25 heavy (non-hydrogen) atoms. The van der Waals surface area contributed by atoms with E-state index in [2.05, 4.69) is 6.07 Å². The third-order valence-corrected chi connectivity index (χ3v) is 4.35. The molecule has 0 aromatic heterocycles. The van der Waals surface area contributed by atoms with Gasteiger partial charge in [0.15, 0.2) is 0 Å². The molecule has 0 saturated heterocycles. The van der Waals surface area contributed by atoms with Crippen molar-refractivity contribution in [1.29, 1.82) is 10.5 Å². The Labute approximate surface area is 147 Å². The van der Waals surface area contributed by atoms with Gasteiger partial charge in [-0.15, -0.1) is 0 Å². The van der Waals surface area contributed by atoms with E-state index in [0.29, 0.717) is 5.57 Å². The fraction of sp³-hybridized carbons (Fsp3) is 0.0435. The van der Waals surface area contributed by atoms with Crippen molar-refractivity contribution in [2.75, 3.05) is 0 Å². The van der Waals surface area contributed by atoms with Crippen LogP contribution in [0.5, 0.6) is 0 Å². The summed E-state index contributed by atoms with van der Waals surface area (Å²) in [6.07, 6.45) is 1.35. The molecule has 0 N–H and O–H groups in total. The molecule has 0 heterocycles. The summed E-state index contributed by atoms with van der Waals surface area (Å²) in [5.74, 6) is 0. The van der Waals surface area contributed by atoms with Crippen LogP contribution >= 0.6 is 0 Å². The van der Waals surface area contributed by atoms with Gasteiger partial charge in [0, 0.05) is 6.08 Å². The average Bonchev–Trinajstić information content (AvgIpc) is 2.70. The van der Waals surface area contributed by atoms with Crippen LogP contribution in [0, 0.1) is 22.7 Å². The topological polar surface area (TPSA) is 47.6 Å². The van der Waals surface area contributed by atoms with Crippen molar-refractivity contribution in [2.45, 2.75) is 5.41 Å². The number of allylic oxidation sites excluding steroid dienone is 2. The van der Waals surface area contributed by atoms with E-state index < -0.39 is 5.41 Å². The van der Waals surface area contributed by atoms with Crippen molar-refractivity contribution in [1.82, 2.24) is 0 Å². The Morgan fingerprint density at radius 3 is 1.28 bits per heavy atom. The van der Waals surface area contributed by atoms with Crippen LogP contribution in [0.1, 0.15) is 16.7 Å². The van der Waals surface area contributed by atoms with Crippen molar-refractivity contribution in [3.63, 3.8) is 0 Å². The minimum atomic E-state index is -0.825. The van der Waals surface area contributed by atoms with Crippen molar-refractivity contribution in [3.8, 4) is 12.1 Å². The highest BCUT2D eigenvalue weighted by atomic mass is 14.4. The third-order valence-electron chi connectivity index (χ3n) is 4.35. The summed E-state index contributed by atoms with van der Waals surface area (Å²) >= 11 is 0. The standard InChI is InChI=1S/C23H16N2/c24-17-16-22(18-25)23(19-10-4-1-5-11-19,20-12-6-2-7-13-20)21-14-8-3-9-15-21/h1-16H/b22-16-. The van der Waals surface area contributed by atoms with E-state index in [1.165, 1.54) is 6.08 Å². The number of rotatable bonds is 4. The molecule has 2 nitrogen and oxygen atoms in total. The molecule has 0 aliphatic rings. The molecular weight excluding hydrogens is 304 g/mol. The highest BCUT2D eigenvalue weighted by molar-refractivity contribution is 5.62. The highest BCUT2D eigenvalue weighted by Gasteiger charge is 2.40. The summed E-state index contributed by atoms with van der Waals surface area (Å²) < 4.78 is 0. The Morgan fingerprint density at radius 1 is 0.640 bits per heavy atom. The maximum absolute atomic E-state index is 9.91. The molecule has 0 amide bonds. The van der Waals surface area contributed by atoms with Gasteiger partial charge in [-0.25, -0.2) is 0 Å². The number of hydrogen-bond donors (Lipinski definition) is 0. The van der Waals surface area contributed by atoms with E-state index in [-0.39, 0.29) is 0 Å². The van der Waals surface area contributed by atoms with Gasteiger partial charge in [0.25, 0.3) is 0 Å². The normalized spacial score (nSPS) is 11.4. The van der Waals surface area contributed by atoms with Gasteiger partial charge in [0.2, 0.25) is 0 Å². The molecule has 0 bridgehead atoms. The number of hydrogen-bond acceptors (Lipinski definition) is 2. The van der Waals surface area contributed by atoms with Gasteiger partial charge in [-0.2, -0.15) is 10.5 Å². The molecule has 0 atom stereocenters. The van der Waals surface area contributed by atoms with Crippen molar-refractivity contribution < 1.29 is 0 Å². The van der Waals surface area contributed by atoms with Crippen molar-refractivity contribution in [2.24, 2.45) is 0 Å². The van der Waals surface area contributed by atoms with Gasteiger partial charge in [0.1, 0.15) is 0 Å². The SMILES string of the molecule is N#C/C=C(/C#N)C(c1ccccc1)(c1ccccc1)c1ccccc1. The Kier molecular flexibility index (Phi) is 4.74. The Balaban J connectivity index is 2.48. The third kappa shape index (κ3) is 2.82. The van der Waals surface area contributed by atoms with Gasteiger partial charge in [-0.05, 0) is 16.7 Å². The smallest absolute Gasteiger partial charge is 0.0971 e. The quantitative estimate of drug-likeness (QED) is 0.502. The largest absolute Gasteiger partial charge is 0.193 e. The minimum Gasteiger partial charge on any atom is -0.193 e. The van der Waals surface area contributed by atoms with Crippen molar-refractivity contribution >= 4 is 0 Å². The minimum absolute atomic E-state index is 0.401. The monoisotopic (exact) mass is 320 g/mol. The van der Waals surface area contributed by atoms with Crippen LogP contribution in [0.15, 0.2) is 103 Å². The molecule has 0 radical (unpaired) electrons. The van der Waals surface area contributed by atoms with Crippen LogP contribution in [-0.2, 0) is 5.41 Å². The second-order valence-electron chi connectivity index (χ2n) is 5.65. The Bertz CT molecular complexity index is 847. The molecular formula is C23H16N2. The molecule has 0 aliphatic heterocycles. The summed E-state index contributed by atoms with van der Waals surface area (Å²) in [4.78, 5) is 0. The van der Waals surface area contributed by atoms with E-state index in [1.54, 1.807) is 0 Å². The van der Waals surface area contributed by atoms with Crippen LogP contribution < -0.4 is 0 Å². The second kappa shape index (κ2) is 7.30. The molecule has 0 unspecified atom stereocenters. The van der Waals surface area contributed by atoms with Crippen LogP contribution in [0.2, 0.25) is 0 Å². The van der Waals surface area contributed by atoms with Crippen LogP contribution in [0.3, 0.4) is 0 Å². The van der Waals surface area contributed by atoms with Crippen LogP contribution in [-0.4, -0.2) is 0 Å². The first-order valence-corrected chi connectivity index (χ1v) is 8.01. The molecule has 3 aromatic carbocycles. The zero-order valence-corrected chi connectivity index (χ0v) is 13.6. The Hall–Kier alpha value is -3.62. The summed E-state index contributed by atoms with van der Waals surface area (Å²) in [5.41, 5.74) is 2.44. The molecule has 0 fully saturated rings. The molecule has 118 valence electrons. The van der Waals surface area contributed by atoms with E-state index in [0.717, 1.165) is 16.7 Å². The van der Waals surface area contributed by atoms with E-state index >= 15 is 0 Å². The maximum Gasteiger partial charge on any atom is 0.0971 e. The summed E-state index contributed by atoms with van der Waals surface area (Å²) in [7, 11) is 0. The summed E-state index contributed by atoms with van der Waals surface area (Å²) in [6.45, 7) is 0. The van der Waals surface area contributed by atoms with Gasteiger partial charge in [0.05, 0.1) is 23.1 Å². The molecule has 0 saturated carbocycles. The van der Waals surface area contributed by atoms with Crippen LogP contribution in [0.25, 0.3) is 0 Å². The first kappa shape index (κ1) is 16.2. The maximum atomic E-state index is 9.91. The average molecular weight is 320 g/mol. The van der Waals surface area contributed by atoms with E-state index in [1.807, 2.05) is 97.1 Å². The molecule has 3 aromatic rings. The summed E-state index contributed by atoms with van der Waals surface area (Å²) in [6, 6.07) is 33.9. The first-order valence-electron chi connectivity index (χ1n) is 8.01.